The van der Waals surface area contributed by atoms with E-state index < -0.39 is 5.56 Å². The molecule has 0 fully saturated rings. The Labute approximate surface area is 160 Å². The summed E-state index contributed by atoms with van der Waals surface area (Å²) in [5.74, 6) is 0.491. The predicted octanol–water partition coefficient (Wildman–Crippen LogP) is 2.82. The van der Waals surface area contributed by atoms with E-state index in [1.165, 1.54) is 0 Å². The maximum absolute atomic E-state index is 12.0. The van der Waals surface area contributed by atoms with Crippen LogP contribution in [0, 0.1) is 34.0 Å². The van der Waals surface area contributed by atoms with Gasteiger partial charge in [-0.2, -0.15) is 15.8 Å². The minimum Gasteiger partial charge on any atom is -0.489 e. The van der Waals surface area contributed by atoms with Crippen molar-refractivity contribution in [3.63, 3.8) is 0 Å². The van der Waals surface area contributed by atoms with Crippen molar-refractivity contribution in [2.75, 3.05) is 5.73 Å². The van der Waals surface area contributed by atoms with Crippen LogP contribution in [-0.2, 0) is 6.61 Å². The van der Waals surface area contributed by atoms with E-state index in [-0.39, 0.29) is 22.5 Å². The number of nitriles is 3. The molecule has 0 bridgehead atoms. The normalized spacial score (nSPS) is 9.75. The number of H-pyrrole nitrogens is 1. The van der Waals surface area contributed by atoms with Gasteiger partial charge in [-0.05, 0) is 35.4 Å². The summed E-state index contributed by atoms with van der Waals surface area (Å²) in [6, 6.07) is 19.5. The first-order valence-corrected chi connectivity index (χ1v) is 8.15. The fraction of sp³-hybridized carbons (Fsp3) is 0.0476. The monoisotopic (exact) mass is 367 g/mol. The van der Waals surface area contributed by atoms with Crippen molar-refractivity contribution in [3.8, 4) is 35.1 Å². The van der Waals surface area contributed by atoms with Gasteiger partial charge in [0.1, 0.15) is 41.4 Å². The van der Waals surface area contributed by atoms with Crippen molar-refractivity contribution in [1.29, 1.82) is 15.8 Å². The van der Waals surface area contributed by atoms with E-state index in [2.05, 4.69) is 11.1 Å². The first-order chi connectivity index (χ1) is 13.6. The van der Waals surface area contributed by atoms with E-state index >= 15 is 0 Å². The first kappa shape index (κ1) is 18.3. The fourth-order valence-corrected chi connectivity index (χ4v) is 2.69. The Kier molecular flexibility index (Phi) is 5.07. The van der Waals surface area contributed by atoms with Gasteiger partial charge in [0.15, 0.2) is 0 Å². The Morgan fingerprint density at radius 1 is 0.893 bits per heavy atom. The van der Waals surface area contributed by atoms with Crippen LogP contribution in [0.15, 0.2) is 53.3 Å². The topological polar surface area (TPSA) is 139 Å². The average Bonchev–Trinajstić information content (AvgIpc) is 2.72. The number of anilines is 1. The van der Waals surface area contributed by atoms with Crippen LogP contribution >= 0.6 is 0 Å². The van der Waals surface area contributed by atoms with Crippen molar-refractivity contribution in [2.24, 2.45) is 0 Å². The van der Waals surface area contributed by atoms with E-state index in [0.29, 0.717) is 23.5 Å². The molecule has 0 amide bonds. The van der Waals surface area contributed by atoms with E-state index in [9.17, 15) is 15.3 Å². The van der Waals surface area contributed by atoms with Gasteiger partial charge in [0.05, 0.1) is 11.6 Å². The SMILES string of the molecule is N#Cc1ccc(COc2ccc(-c3c(C#N)c(N)[nH]c(=O)c3C#N)cc2)cc1. The zero-order valence-corrected chi connectivity index (χ0v) is 14.6. The standard InChI is InChI=1S/C21H13N5O2/c22-9-13-1-3-14(4-2-13)12-28-16-7-5-15(6-8-16)19-17(10-23)20(25)26-21(27)18(19)11-24/h1-8H,12H2,(H3,25,26,27). The zero-order valence-electron chi connectivity index (χ0n) is 14.6. The lowest BCUT2D eigenvalue weighted by molar-refractivity contribution is 0.306. The number of rotatable bonds is 4. The third kappa shape index (κ3) is 3.53. The minimum absolute atomic E-state index is 0.0439. The van der Waals surface area contributed by atoms with E-state index in [0.717, 1.165) is 5.56 Å². The molecule has 0 saturated heterocycles. The Balaban J connectivity index is 1.87. The van der Waals surface area contributed by atoms with Crippen molar-refractivity contribution in [3.05, 3.63) is 81.1 Å². The Bertz CT molecular complexity index is 1200. The second kappa shape index (κ2) is 7.78. The molecule has 1 aromatic heterocycles. The zero-order chi connectivity index (χ0) is 20.1. The van der Waals surface area contributed by atoms with Crippen LogP contribution in [0.2, 0.25) is 0 Å². The highest BCUT2D eigenvalue weighted by atomic mass is 16.5. The van der Waals surface area contributed by atoms with Gasteiger partial charge in [0.25, 0.3) is 5.56 Å². The summed E-state index contributed by atoms with van der Waals surface area (Å²) in [5, 5.41) is 27.5. The Morgan fingerprint density at radius 2 is 1.54 bits per heavy atom. The van der Waals surface area contributed by atoms with Crippen molar-refractivity contribution in [1.82, 2.24) is 4.98 Å². The highest BCUT2D eigenvalue weighted by Crippen LogP contribution is 2.29. The molecule has 28 heavy (non-hydrogen) atoms. The van der Waals surface area contributed by atoms with Crippen LogP contribution in [-0.4, -0.2) is 4.98 Å². The molecule has 1 heterocycles. The van der Waals surface area contributed by atoms with E-state index in [1.807, 2.05) is 24.3 Å². The molecule has 0 unspecified atom stereocenters. The molecular weight excluding hydrogens is 354 g/mol. The molecule has 3 N–H and O–H groups in total. The number of aromatic nitrogens is 1. The summed E-state index contributed by atoms with van der Waals surface area (Å²) in [5.41, 5.74) is 7.15. The number of pyridine rings is 1. The van der Waals surface area contributed by atoms with Crippen LogP contribution in [0.25, 0.3) is 11.1 Å². The average molecular weight is 367 g/mol. The van der Waals surface area contributed by atoms with Crippen LogP contribution in [0.3, 0.4) is 0 Å². The minimum atomic E-state index is -0.643. The molecule has 134 valence electrons. The maximum atomic E-state index is 12.0. The molecule has 7 heteroatoms. The van der Waals surface area contributed by atoms with E-state index in [1.54, 1.807) is 36.4 Å². The first-order valence-electron chi connectivity index (χ1n) is 8.15. The molecule has 0 spiro atoms. The molecule has 7 nitrogen and oxygen atoms in total. The molecule has 0 saturated carbocycles. The lowest BCUT2D eigenvalue weighted by Gasteiger charge is -2.10. The van der Waals surface area contributed by atoms with Gasteiger partial charge in [-0.25, -0.2) is 0 Å². The van der Waals surface area contributed by atoms with Crippen molar-refractivity contribution >= 4 is 5.82 Å². The summed E-state index contributed by atoms with van der Waals surface area (Å²) >= 11 is 0. The molecule has 0 aliphatic rings. The predicted molar refractivity (Wildman–Crippen MR) is 102 cm³/mol. The number of aromatic amines is 1. The molecule has 0 atom stereocenters. The van der Waals surface area contributed by atoms with Crippen LogP contribution < -0.4 is 16.0 Å². The number of nitrogens with one attached hydrogen (secondary N) is 1. The van der Waals surface area contributed by atoms with Crippen LogP contribution in [0.1, 0.15) is 22.3 Å². The lowest BCUT2D eigenvalue weighted by Crippen LogP contribution is -2.16. The molecule has 0 radical (unpaired) electrons. The van der Waals surface area contributed by atoms with Gasteiger partial charge in [0.2, 0.25) is 0 Å². The van der Waals surface area contributed by atoms with E-state index in [4.69, 9.17) is 15.7 Å². The van der Waals surface area contributed by atoms with Gasteiger partial charge in [-0.15, -0.1) is 0 Å². The summed E-state index contributed by atoms with van der Waals surface area (Å²) in [4.78, 5) is 14.3. The van der Waals surface area contributed by atoms with Gasteiger partial charge in [0, 0.05) is 5.56 Å². The molecule has 3 aromatic rings. The second-order valence-electron chi connectivity index (χ2n) is 5.84. The number of nitrogens with two attached hydrogens (primary N) is 1. The number of nitrogen functional groups attached to an aromatic ring is 1. The molecule has 2 aromatic carbocycles. The van der Waals surface area contributed by atoms with Gasteiger partial charge < -0.3 is 15.5 Å². The summed E-state index contributed by atoms with van der Waals surface area (Å²) < 4.78 is 5.71. The third-order valence-corrected chi connectivity index (χ3v) is 4.10. The second-order valence-corrected chi connectivity index (χ2v) is 5.84. The number of nitrogens with zero attached hydrogens (tertiary/aromatic N) is 3. The van der Waals surface area contributed by atoms with Crippen molar-refractivity contribution in [2.45, 2.75) is 6.61 Å². The maximum Gasteiger partial charge on any atom is 0.268 e. The number of benzene rings is 2. The fourth-order valence-electron chi connectivity index (χ4n) is 2.69. The summed E-state index contributed by atoms with van der Waals surface area (Å²) in [6.45, 7) is 0.315. The highest BCUT2D eigenvalue weighted by Gasteiger charge is 2.18. The van der Waals surface area contributed by atoms with Gasteiger partial charge in [-0.1, -0.05) is 24.3 Å². The van der Waals surface area contributed by atoms with Gasteiger partial charge in [-0.3, -0.25) is 4.79 Å². The molecule has 3 rings (SSSR count). The molecule has 0 aliphatic carbocycles. The Hall–Kier alpha value is -4.54. The van der Waals surface area contributed by atoms with Crippen LogP contribution in [0.5, 0.6) is 5.75 Å². The number of ether oxygens (including phenoxy) is 1. The smallest absolute Gasteiger partial charge is 0.268 e. The largest absolute Gasteiger partial charge is 0.489 e. The molecular formula is C21H13N5O2. The van der Waals surface area contributed by atoms with Crippen LogP contribution in [0.4, 0.5) is 5.82 Å². The Morgan fingerprint density at radius 3 is 2.11 bits per heavy atom. The summed E-state index contributed by atoms with van der Waals surface area (Å²) in [6.07, 6.45) is 0. The van der Waals surface area contributed by atoms with Gasteiger partial charge >= 0.3 is 0 Å². The number of hydrogen-bond donors (Lipinski definition) is 2. The highest BCUT2D eigenvalue weighted by molar-refractivity contribution is 5.80. The lowest BCUT2D eigenvalue weighted by atomic mass is 9.96. The number of hydrogen-bond acceptors (Lipinski definition) is 6. The third-order valence-electron chi connectivity index (χ3n) is 4.10. The van der Waals surface area contributed by atoms with Crippen molar-refractivity contribution < 1.29 is 4.74 Å². The molecule has 0 aliphatic heterocycles. The quantitative estimate of drug-likeness (QED) is 0.726. The summed E-state index contributed by atoms with van der Waals surface area (Å²) in [7, 11) is 0.